The minimum atomic E-state index is -0.606. The largest absolute Gasteiger partial charge is 0.0629 e. The van der Waals surface area contributed by atoms with Crippen molar-refractivity contribution in [3.05, 3.63) is 132 Å². The highest BCUT2D eigenvalue weighted by Gasteiger charge is 2.15. The highest BCUT2D eigenvalue weighted by Crippen LogP contribution is 2.43. The molecule has 33 heavy (non-hydrogen) atoms. The van der Waals surface area contributed by atoms with Gasteiger partial charge in [0.25, 0.3) is 0 Å². The first kappa shape index (κ1) is 12.5. The molecule has 0 aromatic heterocycles. The van der Waals surface area contributed by atoms with Crippen molar-refractivity contribution in [1.82, 2.24) is 0 Å². The molecule has 0 unspecified atom stereocenters. The molecule has 0 radical (unpaired) electrons. The Balaban J connectivity index is 1.76. The third kappa shape index (κ3) is 3.55. The van der Waals surface area contributed by atoms with Gasteiger partial charge in [0, 0.05) is 4.47 Å². The number of benzene rings is 6. The normalized spacial score (nSPS) is 15.0. The summed E-state index contributed by atoms with van der Waals surface area (Å²) in [5, 5.41) is 3.10. The third-order valence-electron chi connectivity index (χ3n) is 5.69. The van der Waals surface area contributed by atoms with E-state index in [-0.39, 0.29) is 28.8 Å². The van der Waals surface area contributed by atoms with Gasteiger partial charge in [0.05, 0.1) is 12.3 Å². The number of fused-ring (bicyclic) bond motifs is 2. The van der Waals surface area contributed by atoms with Crippen LogP contribution in [0, 0.1) is 0 Å². The fourth-order valence-electron chi connectivity index (χ4n) is 4.14. The van der Waals surface area contributed by atoms with Crippen molar-refractivity contribution in [2.75, 3.05) is 0 Å². The fraction of sp³-hybridized carbons (Fsp3) is 0. The molecule has 1 heteroatoms. The summed E-state index contributed by atoms with van der Waals surface area (Å²) in [5.74, 6) is 0. The molecule has 0 N–H and O–H groups in total. The summed E-state index contributed by atoms with van der Waals surface area (Å²) in [6.07, 6.45) is 0. The van der Waals surface area contributed by atoms with Crippen molar-refractivity contribution in [3.63, 3.8) is 0 Å². The highest BCUT2D eigenvalue weighted by molar-refractivity contribution is 9.10. The molecular formula is C32H21Br. The van der Waals surface area contributed by atoms with Gasteiger partial charge in [-0.2, -0.15) is 0 Å². The van der Waals surface area contributed by atoms with E-state index in [1.165, 1.54) is 0 Å². The van der Waals surface area contributed by atoms with Crippen LogP contribution in [-0.4, -0.2) is 0 Å². The monoisotopic (exact) mass is 493 g/mol. The van der Waals surface area contributed by atoms with Gasteiger partial charge in [0.1, 0.15) is 0 Å². The molecule has 0 amide bonds. The Bertz CT molecular complexity index is 2030. The van der Waals surface area contributed by atoms with Gasteiger partial charge in [0.2, 0.25) is 0 Å². The van der Waals surface area contributed by atoms with Gasteiger partial charge in [-0.1, -0.05) is 121 Å². The molecule has 0 atom stereocenters. The topological polar surface area (TPSA) is 0 Å². The summed E-state index contributed by atoms with van der Waals surface area (Å²) in [4.78, 5) is 0. The lowest BCUT2D eigenvalue weighted by molar-refractivity contribution is 1.61. The lowest BCUT2D eigenvalue weighted by atomic mass is 9.89. The van der Waals surface area contributed by atoms with Crippen LogP contribution in [0.25, 0.3) is 54.9 Å². The Morgan fingerprint density at radius 2 is 1.06 bits per heavy atom. The molecule has 0 aliphatic rings. The van der Waals surface area contributed by atoms with Crippen molar-refractivity contribution >= 4 is 37.5 Å². The zero-order valence-electron chi connectivity index (χ0n) is 26.3. The van der Waals surface area contributed by atoms with Crippen LogP contribution >= 0.6 is 15.9 Å². The summed E-state index contributed by atoms with van der Waals surface area (Å²) < 4.78 is 77.8. The molecular weight excluding hydrogens is 464 g/mol. The molecule has 6 aromatic rings. The summed E-state index contributed by atoms with van der Waals surface area (Å²) in [6.45, 7) is 0. The number of hydrogen-bond donors (Lipinski definition) is 0. The van der Waals surface area contributed by atoms with E-state index in [4.69, 9.17) is 12.3 Å². The van der Waals surface area contributed by atoms with Crippen LogP contribution in [-0.2, 0) is 0 Å². The van der Waals surface area contributed by atoms with E-state index in [9.17, 15) is 0 Å². The van der Waals surface area contributed by atoms with Gasteiger partial charge in [0.15, 0.2) is 0 Å². The first-order valence-electron chi connectivity index (χ1n) is 14.9. The van der Waals surface area contributed by atoms with Gasteiger partial charge in [-0.3, -0.25) is 0 Å². The molecule has 0 nitrogen and oxygen atoms in total. The maximum Gasteiger partial charge on any atom is 0.0629 e. The molecule has 6 rings (SSSR count). The van der Waals surface area contributed by atoms with E-state index >= 15 is 0 Å². The molecule has 0 spiro atoms. The maximum atomic E-state index is 9.12. The smallest absolute Gasteiger partial charge is 0.0622 e. The first-order chi connectivity index (χ1) is 20.0. The average Bonchev–Trinajstić information content (AvgIpc) is 3.01. The molecule has 0 aliphatic heterocycles. The van der Waals surface area contributed by atoms with Crippen molar-refractivity contribution < 1.29 is 12.3 Å². The Labute approximate surface area is 214 Å². The third-order valence-corrected chi connectivity index (χ3v) is 6.54. The number of hydrogen-bond acceptors (Lipinski definition) is 0. The van der Waals surface area contributed by atoms with Crippen LogP contribution in [0.2, 0.25) is 0 Å². The molecule has 0 fully saturated rings. The quantitative estimate of drug-likeness (QED) is 0.215. The van der Waals surface area contributed by atoms with E-state index < -0.39 is 42.3 Å². The van der Waals surface area contributed by atoms with E-state index in [0.29, 0.717) is 5.56 Å². The zero-order chi connectivity index (χ0) is 30.0. The van der Waals surface area contributed by atoms with Crippen molar-refractivity contribution in [2.45, 2.75) is 0 Å². The lowest BCUT2D eigenvalue weighted by Gasteiger charge is -2.16. The Hall–Kier alpha value is -3.68. The van der Waals surface area contributed by atoms with E-state index in [1.54, 1.807) is 0 Å². The lowest BCUT2D eigenvalue weighted by Crippen LogP contribution is -1.89. The number of halogens is 1. The van der Waals surface area contributed by atoms with Crippen LogP contribution in [0.4, 0.5) is 0 Å². The van der Waals surface area contributed by atoms with Crippen molar-refractivity contribution in [2.24, 2.45) is 0 Å². The van der Waals surface area contributed by atoms with Gasteiger partial charge >= 0.3 is 0 Å². The summed E-state index contributed by atoms with van der Waals surface area (Å²) in [5.41, 5.74) is 1.79. The van der Waals surface area contributed by atoms with Crippen LogP contribution in [0.5, 0.6) is 0 Å². The van der Waals surface area contributed by atoms with Crippen molar-refractivity contribution in [1.29, 1.82) is 0 Å². The predicted octanol–water partition coefficient (Wildman–Crippen LogP) is 9.76. The summed E-state index contributed by atoms with van der Waals surface area (Å²) >= 11 is 3.75. The zero-order valence-corrected chi connectivity index (χ0v) is 18.9. The summed E-state index contributed by atoms with van der Waals surface area (Å²) in [6, 6.07) is 18.6. The minimum Gasteiger partial charge on any atom is -0.0622 e. The second kappa shape index (κ2) is 8.35. The molecule has 6 aromatic carbocycles. The Kier molecular flexibility index (Phi) is 3.17. The van der Waals surface area contributed by atoms with Crippen LogP contribution in [0.15, 0.2) is 132 Å². The molecule has 0 bridgehead atoms. The Morgan fingerprint density at radius 1 is 0.455 bits per heavy atom. The SMILES string of the molecule is [2H]c1c([2H])c([2H])c(-c2c([2H])c([2H])c(-c3c4ccccc4c(Br)c4ccc(-c5ccccc5)cc34)c([2H])c2[2H])c([2H])c1[2H]. The molecule has 0 saturated carbocycles. The van der Waals surface area contributed by atoms with Crippen LogP contribution in [0.3, 0.4) is 0 Å². The van der Waals surface area contributed by atoms with Gasteiger partial charge in [-0.15, -0.1) is 0 Å². The van der Waals surface area contributed by atoms with E-state index in [0.717, 1.165) is 37.1 Å². The standard InChI is InChI=1S/C32H21Br/c33-32-28-14-8-7-13-27(28)31(25-17-15-24(16-18-25)22-9-3-1-4-10-22)30-21-26(19-20-29(30)32)23-11-5-2-6-12-23/h1-21H/i1D,3D,4D,9D,10D,15D,16D,17D,18D. The minimum absolute atomic E-state index is 0.0695. The second-order valence-corrected chi connectivity index (χ2v) is 8.40. The molecule has 0 saturated heterocycles. The van der Waals surface area contributed by atoms with E-state index in [2.05, 4.69) is 15.9 Å². The maximum absolute atomic E-state index is 9.12. The van der Waals surface area contributed by atoms with E-state index in [1.807, 2.05) is 72.8 Å². The molecule has 0 aliphatic carbocycles. The van der Waals surface area contributed by atoms with Crippen LogP contribution in [0.1, 0.15) is 12.3 Å². The van der Waals surface area contributed by atoms with Gasteiger partial charge in [-0.25, -0.2) is 0 Å². The van der Waals surface area contributed by atoms with Gasteiger partial charge < -0.3 is 0 Å². The second-order valence-electron chi connectivity index (χ2n) is 7.61. The van der Waals surface area contributed by atoms with Crippen LogP contribution < -0.4 is 0 Å². The Morgan fingerprint density at radius 3 is 1.82 bits per heavy atom. The van der Waals surface area contributed by atoms with Crippen molar-refractivity contribution in [3.8, 4) is 33.4 Å². The highest BCUT2D eigenvalue weighted by atomic mass is 79.9. The first-order valence-corrected chi connectivity index (χ1v) is 11.2. The average molecular weight is 494 g/mol. The number of rotatable bonds is 3. The molecule has 156 valence electrons. The fourth-order valence-corrected chi connectivity index (χ4v) is 4.83. The predicted molar refractivity (Wildman–Crippen MR) is 145 cm³/mol. The molecule has 0 heterocycles. The van der Waals surface area contributed by atoms with Gasteiger partial charge in [-0.05, 0) is 76.9 Å². The summed E-state index contributed by atoms with van der Waals surface area (Å²) in [7, 11) is 0.